The SMILES string of the molecule is COCc1ncn(-c2ccc(C)c3ncsc23)n1. The molecular weight excluding hydrogens is 248 g/mol. The number of nitrogens with zero attached hydrogens (tertiary/aromatic N) is 4. The van der Waals surface area contributed by atoms with Crippen molar-refractivity contribution in [2.75, 3.05) is 7.11 Å². The van der Waals surface area contributed by atoms with Crippen LogP contribution in [-0.4, -0.2) is 26.9 Å². The van der Waals surface area contributed by atoms with E-state index >= 15 is 0 Å². The lowest BCUT2D eigenvalue weighted by Crippen LogP contribution is -1.97. The first-order valence-electron chi connectivity index (χ1n) is 5.52. The molecule has 0 N–H and O–H groups in total. The van der Waals surface area contributed by atoms with Crippen LogP contribution in [0.15, 0.2) is 24.0 Å². The van der Waals surface area contributed by atoms with Crippen LogP contribution in [0.25, 0.3) is 15.9 Å². The molecule has 0 atom stereocenters. The van der Waals surface area contributed by atoms with E-state index in [1.165, 1.54) is 5.56 Å². The maximum absolute atomic E-state index is 5.02. The molecule has 0 saturated heterocycles. The topological polar surface area (TPSA) is 52.8 Å². The van der Waals surface area contributed by atoms with Crippen LogP contribution < -0.4 is 0 Å². The summed E-state index contributed by atoms with van der Waals surface area (Å²) in [6, 6.07) is 4.09. The van der Waals surface area contributed by atoms with Gasteiger partial charge in [-0.2, -0.15) is 0 Å². The van der Waals surface area contributed by atoms with Gasteiger partial charge < -0.3 is 4.74 Å². The largest absolute Gasteiger partial charge is 0.377 e. The van der Waals surface area contributed by atoms with Gasteiger partial charge in [0.2, 0.25) is 0 Å². The summed E-state index contributed by atoms with van der Waals surface area (Å²) < 4.78 is 7.92. The molecule has 0 fully saturated rings. The third-order valence-electron chi connectivity index (χ3n) is 2.72. The standard InChI is InChI=1S/C12H12N4OS/c1-8-3-4-9(12-11(8)14-7-18-12)16-6-13-10(15-16)5-17-2/h3-4,6-7H,5H2,1-2H3. The van der Waals surface area contributed by atoms with E-state index in [0.717, 1.165) is 15.9 Å². The van der Waals surface area contributed by atoms with Crippen molar-refractivity contribution in [1.29, 1.82) is 0 Å². The lowest BCUT2D eigenvalue weighted by molar-refractivity contribution is 0.178. The van der Waals surface area contributed by atoms with Gasteiger partial charge in [-0.05, 0) is 18.6 Å². The number of benzene rings is 1. The van der Waals surface area contributed by atoms with Gasteiger partial charge in [0.25, 0.3) is 0 Å². The first kappa shape index (κ1) is 11.3. The Labute approximate surface area is 108 Å². The molecule has 0 radical (unpaired) electrons. The van der Waals surface area contributed by atoms with Crippen molar-refractivity contribution < 1.29 is 4.74 Å². The zero-order valence-electron chi connectivity index (χ0n) is 10.1. The molecule has 3 aromatic rings. The fraction of sp³-hybridized carbons (Fsp3) is 0.250. The average Bonchev–Trinajstić information content (AvgIpc) is 2.99. The molecule has 0 amide bonds. The van der Waals surface area contributed by atoms with Gasteiger partial charge in [0.1, 0.15) is 12.9 Å². The smallest absolute Gasteiger partial charge is 0.176 e. The minimum atomic E-state index is 0.421. The second-order valence-corrected chi connectivity index (χ2v) is 4.82. The Bertz CT molecular complexity index is 688. The molecule has 0 saturated carbocycles. The van der Waals surface area contributed by atoms with Crippen molar-refractivity contribution in [3.8, 4) is 5.69 Å². The predicted octanol–water partition coefficient (Wildman–Crippen LogP) is 2.33. The summed E-state index contributed by atoms with van der Waals surface area (Å²) in [5.74, 6) is 0.677. The van der Waals surface area contributed by atoms with Gasteiger partial charge in [-0.15, -0.1) is 16.4 Å². The molecule has 0 aliphatic rings. The Kier molecular flexibility index (Phi) is 2.81. The first-order valence-corrected chi connectivity index (χ1v) is 6.40. The third-order valence-corrected chi connectivity index (χ3v) is 3.57. The van der Waals surface area contributed by atoms with E-state index in [4.69, 9.17) is 4.74 Å². The van der Waals surface area contributed by atoms with E-state index in [2.05, 4.69) is 28.1 Å². The summed E-state index contributed by atoms with van der Waals surface area (Å²) in [4.78, 5) is 8.59. The maximum Gasteiger partial charge on any atom is 0.176 e. The van der Waals surface area contributed by atoms with Gasteiger partial charge in [0, 0.05) is 7.11 Å². The van der Waals surface area contributed by atoms with Gasteiger partial charge >= 0.3 is 0 Å². The molecule has 5 nitrogen and oxygen atoms in total. The number of thiazole rings is 1. The van der Waals surface area contributed by atoms with Crippen molar-refractivity contribution in [3.05, 3.63) is 35.4 Å². The second-order valence-electron chi connectivity index (χ2n) is 3.97. The van der Waals surface area contributed by atoms with Crippen LogP contribution in [0.4, 0.5) is 0 Å². The minimum absolute atomic E-state index is 0.421. The molecule has 2 heterocycles. The highest BCUT2D eigenvalue weighted by atomic mass is 32.1. The zero-order valence-corrected chi connectivity index (χ0v) is 10.9. The van der Waals surface area contributed by atoms with Crippen molar-refractivity contribution >= 4 is 21.6 Å². The van der Waals surface area contributed by atoms with Crippen molar-refractivity contribution in [2.24, 2.45) is 0 Å². The number of fused-ring (bicyclic) bond motifs is 1. The first-order chi connectivity index (χ1) is 8.79. The van der Waals surface area contributed by atoms with Crippen LogP contribution in [0.5, 0.6) is 0 Å². The number of hydrogen-bond donors (Lipinski definition) is 0. The summed E-state index contributed by atoms with van der Waals surface area (Å²) in [7, 11) is 1.63. The molecule has 0 aliphatic carbocycles. The molecule has 3 rings (SSSR count). The highest BCUT2D eigenvalue weighted by Gasteiger charge is 2.10. The van der Waals surface area contributed by atoms with Crippen LogP contribution >= 0.6 is 11.3 Å². The van der Waals surface area contributed by atoms with E-state index in [0.29, 0.717) is 12.4 Å². The van der Waals surface area contributed by atoms with Gasteiger partial charge in [0.15, 0.2) is 5.82 Å². The molecule has 0 unspecified atom stereocenters. The van der Waals surface area contributed by atoms with E-state index in [1.54, 1.807) is 29.5 Å². The van der Waals surface area contributed by atoms with E-state index in [9.17, 15) is 0 Å². The lowest BCUT2D eigenvalue weighted by Gasteiger charge is -2.03. The fourth-order valence-corrected chi connectivity index (χ4v) is 2.73. The Balaban J connectivity index is 2.13. The average molecular weight is 260 g/mol. The predicted molar refractivity (Wildman–Crippen MR) is 70.0 cm³/mol. The van der Waals surface area contributed by atoms with Crippen LogP contribution in [0, 0.1) is 6.92 Å². The quantitative estimate of drug-likeness (QED) is 0.725. The van der Waals surface area contributed by atoms with E-state index in [1.807, 2.05) is 11.6 Å². The second kappa shape index (κ2) is 4.47. The summed E-state index contributed by atoms with van der Waals surface area (Å²) in [6.07, 6.45) is 1.71. The summed E-state index contributed by atoms with van der Waals surface area (Å²) in [5, 5.41) is 4.39. The van der Waals surface area contributed by atoms with Crippen LogP contribution in [0.3, 0.4) is 0 Å². The maximum atomic E-state index is 5.02. The number of methoxy groups -OCH3 is 1. The highest BCUT2D eigenvalue weighted by molar-refractivity contribution is 7.17. The Morgan fingerprint density at radius 1 is 1.33 bits per heavy atom. The Hall–Kier alpha value is -1.79. The minimum Gasteiger partial charge on any atom is -0.377 e. The van der Waals surface area contributed by atoms with Gasteiger partial charge in [0.05, 0.1) is 21.4 Å². The molecule has 2 aromatic heterocycles. The summed E-state index contributed by atoms with van der Waals surface area (Å²) in [6.45, 7) is 2.48. The number of aryl methyl sites for hydroxylation is 1. The molecule has 18 heavy (non-hydrogen) atoms. The third kappa shape index (κ3) is 1.79. The van der Waals surface area contributed by atoms with E-state index in [-0.39, 0.29) is 0 Å². The molecule has 1 aromatic carbocycles. The highest BCUT2D eigenvalue weighted by Crippen LogP contribution is 2.27. The van der Waals surface area contributed by atoms with Gasteiger partial charge in [-0.25, -0.2) is 14.6 Å². The fourth-order valence-electron chi connectivity index (χ4n) is 1.86. The van der Waals surface area contributed by atoms with Crippen molar-refractivity contribution in [1.82, 2.24) is 19.7 Å². The molecule has 0 aliphatic heterocycles. The van der Waals surface area contributed by atoms with Crippen molar-refractivity contribution in [3.63, 3.8) is 0 Å². The Morgan fingerprint density at radius 2 is 2.22 bits per heavy atom. The Morgan fingerprint density at radius 3 is 3.06 bits per heavy atom. The molecule has 0 bridgehead atoms. The summed E-state index contributed by atoms with van der Waals surface area (Å²) in [5.41, 5.74) is 5.07. The zero-order chi connectivity index (χ0) is 12.5. The van der Waals surface area contributed by atoms with E-state index < -0.39 is 0 Å². The number of hydrogen-bond acceptors (Lipinski definition) is 5. The number of ether oxygens (including phenoxy) is 1. The van der Waals surface area contributed by atoms with Crippen molar-refractivity contribution in [2.45, 2.75) is 13.5 Å². The lowest BCUT2D eigenvalue weighted by atomic mass is 10.2. The normalized spacial score (nSPS) is 11.2. The van der Waals surface area contributed by atoms with Crippen LogP contribution in [-0.2, 0) is 11.3 Å². The molecular formula is C12H12N4OS. The number of aromatic nitrogens is 4. The molecule has 92 valence electrons. The van der Waals surface area contributed by atoms with Gasteiger partial charge in [-0.3, -0.25) is 0 Å². The number of rotatable bonds is 3. The molecule has 6 heteroatoms. The summed E-state index contributed by atoms with van der Waals surface area (Å²) >= 11 is 1.61. The monoisotopic (exact) mass is 260 g/mol. The molecule has 0 spiro atoms. The van der Waals surface area contributed by atoms with Crippen LogP contribution in [0.1, 0.15) is 11.4 Å². The van der Waals surface area contributed by atoms with Crippen LogP contribution in [0.2, 0.25) is 0 Å². The van der Waals surface area contributed by atoms with Gasteiger partial charge in [-0.1, -0.05) is 6.07 Å².